The Labute approximate surface area is 147 Å². The highest BCUT2D eigenvalue weighted by Gasteiger charge is 2.16. The molecule has 0 aliphatic carbocycles. The van der Waals surface area contributed by atoms with Gasteiger partial charge in [-0.05, 0) is 55.2 Å². The van der Waals surface area contributed by atoms with Crippen LogP contribution in [0.1, 0.15) is 24.8 Å². The minimum atomic E-state index is -0.347. The van der Waals surface area contributed by atoms with Gasteiger partial charge in [-0.25, -0.2) is 4.39 Å². The summed E-state index contributed by atoms with van der Waals surface area (Å²) in [5.41, 5.74) is 2.32. The Hall–Kier alpha value is -2.56. The number of ether oxygens (including phenoxy) is 1. The highest BCUT2D eigenvalue weighted by molar-refractivity contribution is 5.95. The van der Waals surface area contributed by atoms with E-state index in [0.717, 1.165) is 42.9 Å². The van der Waals surface area contributed by atoms with Gasteiger partial charge in [-0.15, -0.1) is 0 Å². The van der Waals surface area contributed by atoms with Gasteiger partial charge in [0.1, 0.15) is 11.6 Å². The highest BCUT2D eigenvalue weighted by Crippen LogP contribution is 2.29. The minimum absolute atomic E-state index is 0.158. The molecule has 25 heavy (non-hydrogen) atoms. The van der Waals surface area contributed by atoms with E-state index in [0.29, 0.717) is 5.69 Å². The number of carbonyl (C=O) groups is 1. The first-order valence-electron chi connectivity index (χ1n) is 8.63. The molecule has 5 heteroatoms. The second-order valence-corrected chi connectivity index (χ2v) is 6.28. The smallest absolute Gasteiger partial charge is 0.228 e. The van der Waals surface area contributed by atoms with Gasteiger partial charge in [0.25, 0.3) is 0 Å². The van der Waals surface area contributed by atoms with E-state index >= 15 is 0 Å². The maximum Gasteiger partial charge on any atom is 0.228 e. The van der Waals surface area contributed by atoms with Crippen molar-refractivity contribution in [2.45, 2.75) is 25.7 Å². The molecule has 1 aliphatic rings. The Morgan fingerprint density at radius 2 is 1.84 bits per heavy atom. The van der Waals surface area contributed by atoms with Crippen molar-refractivity contribution < 1.29 is 13.9 Å². The fourth-order valence-corrected chi connectivity index (χ4v) is 3.14. The molecule has 1 fully saturated rings. The third kappa shape index (κ3) is 4.50. The molecule has 0 radical (unpaired) electrons. The molecule has 0 atom stereocenters. The van der Waals surface area contributed by atoms with Gasteiger partial charge in [0.2, 0.25) is 5.91 Å². The van der Waals surface area contributed by atoms with Crippen LogP contribution in [0, 0.1) is 5.82 Å². The Morgan fingerprint density at radius 1 is 1.12 bits per heavy atom. The summed E-state index contributed by atoms with van der Waals surface area (Å²) in [5.74, 6) is 0.246. The average Bonchev–Trinajstić information content (AvgIpc) is 2.63. The molecule has 1 heterocycles. The lowest BCUT2D eigenvalue weighted by Gasteiger charge is -2.30. The number of nitrogens with zero attached hydrogens (tertiary/aromatic N) is 1. The molecule has 3 rings (SSSR count). The molecule has 4 nitrogen and oxygen atoms in total. The predicted molar refractivity (Wildman–Crippen MR) is 97.8 cm³/mol. The number of nitrogens with one attached hydrogen (secondary N) is 1. The van der Waals surface area contributed by atoms with Crippen molar-refractivity contribution in [3.63, 3.8) is 0 Å². The van der Waals surface area contributed by atoms with Gasteiger partial charge in [0.05, 0.1) is 24.9 Å². The van der Waals surface area contributed by atoms with E-state index in [-0.39, 0.29) is 18.1 Å². The van der Waals surface area contributed by atoms with Gasteiger partial charge < -0.3 is 15.0 Å². The van der Waals surface area contributed by atoms with Crippen LogP contribution in [-0.4, -0.2) is 26.1 Å². The van der Waals surface area contributed by atoms with Gasteiger partial charge >= 0.3 is 0 Å². The van der Waals surface area contributed by atoms with Gasteiger partial charge in [-0.2, -0.15) is 0 Å². The fourth-order valence-electron chi connectivity index (χ4n) is 3.14. The molecule has 0 saturated carbocycles. The Balaban J connectivity index is 1.72. The second kappa shape index (κ2) is 8.01. The monoisotopic (exact) mass is 342 g/mol. The average molecular weight is 342 g/mol. The molecule has 2 aromatic carbocycles. The number of hydrogen-bond acceptors (Lipinski definition) is 3. The van der Waals surface area contributed by atoms with Crippen LogP contribution >= 0.6 is 0 Å². The van der Waals surface area contributed by atoms with Crippen LogP contribution in [0.15, 0.2) is 42.5 Å². The van der Waals surface area contributed by atoms with Crippen LogP contribution in [0.4, 0.5) is 15.8 Å². The van der Waals surface area contributed by atoms with Gasteiger partial charge in [-0.1, -0.05) is 12.1 Å². The zero-order valence-corrected chi connectivity index (χ0v) is 14.4. The number of benzene rings is 2. The SMILES string of the molecule is COc1ccc(CC(=O)Nc2cc(F)ccc2N2CCCCC2)cc1. The van der Waals surface area contributed by atoms with E-state index in [9.17, 15) is 9.18 Å². The summed E-state index contributed by atoms with van der Waals surface area (Å²) < 4.78 is 18.8. The molecular formula is C20H23FN2O2. The summed E-state index contributed by atoms with van der Waals surface area (Å²) in [6.07, 6.45) is 3.70. The lowest BCUT2D eigenvalue weighted by atomic mass is 10.1. The van der Waals surface area contributed by atoms with E-state index < -0.39 is 0 Å². The summed E-state index contributed by atoms with van der Waals surface area (Å²) in [6.45, 7) is 1.87. The molecule has 0 aromatic heterocycles. The van der Waals surface area contributed by atoms with Crippen LogP contribution < -0.4 is 15.0 Å². The number of amides is 1. The lowest BCUT2D eigenvalue weighted by Crippen LogP contribution is -2.30. The molecule has 1 saturated heterocycles. The van der Waals surface area contributed by atoms with E-state index in [2.05, 4.69) is 10.2 Å². The van der Waals surface area contributed by atoms with Gasteiger partial charge in [-0.3, -0.25) is 4.79 Å². The topological polar surface area (TPSA) is 41.6 Å². The molecule has 1 N–H and O–H groups in total. The normalized spacial score (nSPS) is 14.2. The fraction of sp³-hybridized carbons (Fsp3) is 0.350. The summed E-state index contributed by atoms with van der Waals surface area (Å²) in [6, 6.07) is 12.0. The van der Waals surface area contributed by atoms with Crippen molar-refractivity contribution in [3.05, 3.63) is 53.8 Å². The van der Waals surface area contributed by atoms with Crippen molar-refractivity contribution >= 4 is 17.3 Å². The molecule has 0 spiro atoms. The first kappa shape index (κ1) is 17.3. The standard InChI is InChI=1S/C20H23FN2O2/c1-25-17-8-5-15(6-9-17)13-20(24)22-18-14-16(21)7-10-19(18)23-11-3-2-4-12-23/h5-10,14H,2-4,11-13H2,1H3,(H,22,24). The minimum Gasteiger partial charge on any atom is -0.497 e. The van der Waals surface area contributed by atoms with Crippen molar-refractivity contribution in [2.75, 3.05) is 30.4 Å². The number of methoxy groups -OCH3 is 1. The van der Waals surface area contributed by atoms with Crippen LogP contribution in [0.5, 0.6) is 5.75 Å². The van der Waals surface area contributed by atoms with Gasteiger partial charge in [0, 0.05) is 13.1 Å². The first-order chi connectivity index (χ1) is 12.2. The zero-order chi connectivity index (χ0) is 17.6. The summed E-state index contributed by atoms with van der Waals surface area (Å²) in [4.78, 5) is 14.6. The molecule has 2 aromatic rings. The molecule has 1 aliphatic heterocycles. The quantitative estimate of drug-likeness (QED) is 0.893. The number of carbonyl (C=O) groups excluding carboxylic acids is 1. The van der Waals surface area contributed by atoms with E-state index in [1.54, 1.807) is 13.2 Å². The van der Waals surface area contributed by atoms with Crippen LogP contribution in [0.2, 0.25) is 0 Å². The molecule has 1 amide bonds. The van der Waals surface area contributed by atoms with Crippen molar-refractivity contribution in [2.24, 2.45) is 0 Å². The molecule has 0 bridgehead atoms. The van der Waals surface area contributed by atoms with Gasteiger partial charge in [0.15, 0.2) is 0 Å². The second-order valence-electron chi connectivity index (χ2n) is 6.28. The van der Waals surface area contributed by atoms with Crippen molar-refractivity contribution in [3.8, 4) is 5.75 Å². The molecular weight excluding hydrogens is 319 g/mol. The summed E-state index contributed by atoms with van der Waals surface area (Å²) in [7, 11) is 1.60. The number of piperidine rings is 1. The third-order valence-electron chi connectivity index (χ3n) is 4.45. The van der Waals surface area contributed by atoms with E-state index in [1.165, 1.54) is 18.6 Å². The molecule has 0 unspecified atom stereocenters. The number of hydrogen-bond donors (Lipinski definition) is 1. The van der Waals surface area contributed by atoms with Crippen LogP contribution in [0.3, 0.4) is 0 Å². The molecule has 132 valence electrons. The van der Waals surface area contributed by atoms with Crippen molar-refractivity contribution in [1.82, 2.24) is 0 Å². The highest BCUT2D eigenvalue weighted by atomic mass is 19.1. The van der Waals surface area contributed by atoms with E-state index in [1.807, 2.05) is 24.3 Å². The number of anilines is 2. The Morgan fingerprint density at radius 3 is 2.52 bits per heavy atom. The van der Waals surface area contributed by atoms with Crippen LogP contribution in [-0.2, 0) is 11.2 Å². The predicted octanol–water partition coefficient (Wildman–Crippen LogP) is 4.01. The number of rotatable bonds is 5. The lowest BCUT2D eigenvalue weighted by molar-refractivity contribution is -0.115. The largest absolute Gasteiger partial charge is 0.497 e. The summed E-state index contributed by atoms with van der Waals surface area (Å²) >= 11 is 0. The Bertz CT molecular complexity index is 725. The summed E-state index contributed by atoms with van der Waals surface area (Å²) in [5, 5.41) is 2.87. The van der Waals surface area contributed by atoms with Crippen molar-refractivity contribution in [1.29, 1.82) is 0 Å². The maximum atomic E-state index is 13.7. The number of halogens is 1. The zero-order valence-electron chi connectivity index (χ0n) is 14.4. The van der Waals surface area contributed by atoms with Crippen LogP contribution in [0.25, 0.3) is 0 Å². The Kier molecular flexibility index (Phi) is 5.53. The first-order valence-corrected chi connectivity index (χ1v) is 8.63. The van der Waals surface area contributed by atoms with E-state index in [4.69, 9.17) is 4.74 Å². The third-order valence-corrected chi connectivity index (χ3v) is 4.45. The maximum absolute atomic E-state index is 13.7.